The Bertz CT molecular complexity index is 292. The highest BCUT2D eigenvalue weighted by molar-refractivity contribution is 7.80. The van der Waals surface area contributed by atoms with E-state index in [1.165, 1.54) is 0 Å². The van der Waals surface area contributed by atoms with Gasteiger partial charge in [0.2, 0.25) is 5.91 Å². The van der Waals surface area contributed by atoms with Gasteiger partial charge in [-0.1, -0.05) is 12.2 Å². The predicted octanol–water partition coefficient (Wildman–Crippen LogP) is 0.840. The Labute approximate surface area is 102 Å². The van der Waals surface area contributed by atoms with Crippen LogP contribution in [0.2, 0.25) is 0 Å². The number of rotatable bonds is 4. The van der Waals surface area contributed by atoms with Crippen molar-refractivity contribution in [1.29, 1.82) is 0 Å². The van der Waals surface area contributed by atoms with E-state index in [1.807, 2.05) is 6.92 Å². The molecule has 2 unspecified atom stereocenters. The average molecular weight is 244 g/mol. The highest BCUT2D eigenvalue weighted by Crippen LogP contribution is 2.20. The molecule has 1 amide bonds. The lowest BCUT2D eigenvalue weighted by Gasteiger charge is -2.23. The van der Waals surface area contributed by atoms with Crippen molar-refractivity contribution in [1.82, 2.24) is 5.32 Å². The molecule has 0 aromatic carbocycles. The van der Waals surface area contributed by atoms with Gasteiger partial charge >= 0.3 is 0 Å². The van der Waals surface area contributed by atoms with Crippen molar-refractivity contribution in [3.8, 4) is 0 Å². The van der Waals surface area contributed by atoms with Crippen LogP contribution >= 0.6 is 12.2 Å². The number of thiocarbonyl (C=S) groups is 1. The van der Waals surface area contributed by atoms with Crippen molar-refractivity contribution in [3.05, 3.63) is 0 Å². The smallest absolute Gasteiger partial charge is 0.232 e. The normalized spacial score (nSPS) is 25.4. The van der Waals surface area contributed by atoms with Gasteiger partial charge in [-0.05, 0) is 27.2 Å². The lowest BCUT2D eigenvalue weighted by molar-refractivity contribution is -0.126. The summed E-state index contributed by atoms with van der Waals surface area (Å²) in [5.74, 6) is 0.283. The van der Waals surface area contributed by atoms with E-state index < -0.39 is 5.41 Å². The maximum Gasteiger partial charge on any atom is 0.232 e. The highest BCUT2D eigenvalue weighted by Gasteiger charge is 2.32. The fraction of sp³-hybridized carbons (Fsp3) is 0.818. The van der Waals surface area contributed by atoms with E-state index in [4.69, 9.17) is 22.7 Å². The van der Waals surface area contributed by atoms with E-state index in [1.54, 1.807) is 13.8 Å². The van der Waals surface area contributed by atoms with E-state index in [0.717, 1.165) is 13.0 Å². The van der Waals surface area contributed by atoms with E-state index in [2.05, 4.69) is 5.32 Å². The Morgan fingerprint density at radius 3 is 2.69 bits per heavy atom. The minimum atomic E-state index is -0.780. The van der Waals surface area contributed by atoms with E-state index in [0.29, 0.717) is 12.5 Å². The number of nitrogens with two attached hydrogens (primary N) is 1. The lowest BCUT2D eigenvalue weighted by Crippen LogP contribution is -2.46. The topological polar surface area (TPSA) is 64.3 Å². The molecule has 0 aromatic rings. The second-order valence-corrected chi connectivity index (χ2v) is 5.26. The summed E-state index contributed by atoms with van der Waals surface area (Å²) in [5, 5.41) is 2.89. The second kappa shape index (κ2) is 5.10. The van der Waals surface area contributed by atoms with Crippen molar-refractivity contribution in [2.45, 2.75) is 33.3 Å². The quantitative estimate of drug-likeness (QED) is 0.719. The molecule has 4 nitrogen and oxygen atoms in total. The van der Waals surface area contributed by atoms with Gasteiger partial charge in [0.25, 0.3) is 0 Å². The van der Waals surface area contributed by atoms with Crippen LogP contribution in [-0.2, 0) is 9.53 Å². The predicted molar refractivity (Wildman–Crippen MR) is 67.1 cm³/mol. The number of amides is 1. The van der Waals surface area contributed by atoms with Crippen molar-refractivity contribution in [2.75, 3.05) is 13.2 Å². The molecule has 1 aliphatic heterocycles. The molecule has 92 valence electrons. The molecule has 0 saturated carbocycles. The fourth-order valence-electron chi connectivity index (χ4n) is 1.60. The first kappa shape index (κ1) is 13.4. The zero-order valence-electron chi connectivity index (χ0n) is 10.1. The van der Waals surface area contributed by atoms with Gasteiger partial charge in [0.15, 0.2) is 0 Å². The molecular weight excluding hydrogens is 224 g/mol. The van der Waals surface area contributed by atoms with Crippen LogP contribution in [0, 0.1) is 11.3 Å². The zero-order valence-corrected chi connectivity index (χ0v) is 10.9. The summed E-state index contributed by atoms with van der Waals surface area (Å²) in [7, 11) is 0. The molecule has 0 aliphatic carbocycles. The van der Waals surface area contributed by atoms with Crippen LogP contribution < -0.4 is 11.1 Å². The van der Waals surface area contributed by atoms with Crippen molar-refractivity contribution in [2.24, 2.45) is 17.1 Å². The number of ether oxygens (including phenoxy) is 1. The van der Waals surface area contributed by atoms with Gasteiger partial charge in [0, 0.05) is 19.1 Å². The van der Waals surface area contributed by atoms with Gasteiger partial charge in [0.05, 0.1) is 16.5 Å². The molecule has 3 N–H and O–H groups in total. The van der Waals surface area contributed by atoms with Crippen molar-refractivity contribution < 1.29 is 9.53 Å². The van der Waals surface area contributed by atoms with Crippen LogP contribution in [0.15, 0.2) is 0 Å². The summed E-state index contributed by atoms with van der Waals surface area (Å²) in [4.78, 5) is 12.1. The molecular formula is C11H20N2O2S. The Morgan fingerprint density at radius 1 is 1.62 bits per heavy atom. The molecule has 1 aliphatic rings. The molecule has 1 fully saturated rings. The summed E-state index contributed by atoms with van der Waals surface area (Å²) in [6.07, 6.45) is 1.21. The molecule has 1 saturated heterocycles. The number of hydrogen-bond acceptors (Lipinski definition) is 3. The Kier molecular flexibility index (Phi) is 4.27. The summed E-state index contributed by atoms with van der Waals surface area (Å²) in [6.45, 7) is 6.91. The molecule has 0 spiro atoms. The van der Waals surface area contributed by atoms with Crippen molar-refractivity contribution in [3.63, 3.8) is 0 Å². The van der Waals surface area contributed by atoms with E-state index in [9.17, 15) is 4.79 Å². The average Bonchev–Trinajstić information content (AvgIpc) is 2.60. The van der Waals surface area contributed by atoms with Gasteiger partial charge in [0.1, 0.15) is 0 Å². The molecule has 1 rings (SSSR count). The van der Waals surface area contributed by atoms with E-state index in [-0.39, 0.29) is 17.0 Å². The Hall–Kier alpha value is -0.680. The van der Waals surface area contributed by atoms with Gasteiger partial charge in [-0.15, -0.1) is 0 Å². The molecule has 0 aromatic heterocycles. The van der Waals surface area contributed by atoms with Gasteiger partial charge in [-0.25, -0.2) is 0 Å². The minimum Gasteiger partial charge on any atom is -0.392 e. The van der Waals surface area contributed by atoms with Crippen LogP contribution in [0.1, 0.15) is 27.2 Å². The van der Waals surface area contributed by atoms with Crippen molar-refractivity contribution >= 4 is 23.1 Å². The molecule has 0 radical (unpaired) electrons. The van der Waals surface area contributed by atoms with Crippen LogP contribution in [0.5, 0.6) is 0 Å². The van der Waals surface area contributed by atoms with E-state index >= 15 is 0 Å². The molecule has 5 heteroatoms. The monoisotopic (exact) mass is 244 g/mol. The second-order valence-electron chi connectivity index (χ2n) is 4.82. The first-order valence-electron chi connectivity index (χ1n) is 5.55. The number of hydrogen-bond donors (Lipinski definition) is 2. The number of carbonyl (C=O) groups is 1. The zero-order chi connectivity index (χ0) is 12.3. The summed E-state index contributed by atoms with van der Waals surface area (Å²) >= 11 is 4.87. The lowest BCUT2D eigenvalue weighted by atomic mass is 9.92. The van der Waals surface area contributed by atoms with Crippen LogP contribution in [-0.4, -0.2) is 30.2 Å². The molecule has 1 heterocycles. The third-order valence-electron chi connectivity index (χ3n) is 3.24. The molecule has 0 bridgehead atoms. The van der Waals surface area contributed by atoms with Gasteiger partial charge in [-0.2, -0.15) is 0 Å². The van der Waals surface area contributed by atoms with Gasteiger partial charge in [-0.3, -0.25) is 4.79 Å². The number of carbonyl (C=O) groups excluding carboxylic acids is 1. The summed E-state index contributed by atoms with van der Waals surface area (Å²) < 4.78 is 5.43. The first-order chi connectivity index (χ1) is 7.35. The molecule has 16 heavy (non-hydrogen) atoms. The Morgan fingerprint density at radius 2 is 2.25 bits per heavy atom. The fourth-order valence-corrected chi connectivity index (χ4v) is 1.69. The van der Waals surface area contributed by atoms with Gasteiger partial charge < -0.3 is 15.8 Å². The number of nitrogens with one attached hydrogen (secondary N) is 1. The van der Waals surface area contributed by atoms with Crippen LogP contribution in [0.25, 0.3) is 0 Å². The van der Waals surface area contributed by atoms with Crippen LogP contribution in [0.4, 0.5) is 0 Å². The summed E-state index contributed by atoms with van der Waals surface area (Å²) in [6, 6.07) is 0. The van der Waals surface area contributed by atoms with Crippen LogP contribution in [0.3, 0.4) is 0 Å². The first-order valence-corrected chi connectivity index (χ1v) is 5.96. The minimum absolute atomic E-state index is 0.112. The third kappa shape index (κ3) is 2.92. The largest absolute Gasteiger partial charge is 0.392 e. The maximum absolute atomic E-state index is 11.9. The standard InChI is InChI=1S/C11H20N2O2S/c1-7-8(4-5-15-7)6-13-10(14)11(2,3)9(12)16/h7-8H,4-6H2,1-3H3,(H2,12,16)(H,13,14). The highest BCUT2D eigenvalue weighted by atomic mass is 32.1. The molecule has 2 atom stereocenters. The third-order valence-corrected chi connectivity index (χ3v) is 3.75. The SMILES string of the molecule is CC1OCCC1CNC(=O)C(C)(C)C(N)=S. The Balaban J connectivity index is 2.43. The maximum atomic E-state index is 11.9. The summed E-state index contributed by atoms with van der Waals surface area (Å²) in [5.41, 5.74) is 4.75.